The predicted octanol–water partition coefficient (Wildman–Crippen LogP) is 0.855. The highest BCUT2D eigenvalue weighted by Crippen LogP contribution is 2.25. The van der Waals surface area contributed by atoms with Gasteiger partial charge in [0.1, 0.15) is 0 Å². The summed E-state index contributed by atoms with van der Waals surface area (Å²) in [5, 5.41) is 9.20. The normalized spacial score (nSPS) is 12.0. The largest absolute Gasteiger partial charge is 0.481 e. The quantitative estimate of drug-likeness (QED) is 0.863. The van der Waals surface area contributed by atoms with E-state index >= 15 is 0 Å². The molecule has 0 aliphatic rings. The minimum absolute atomic E-state index is 0.0476. The Morgan fingerprint density at radius 3 is 2.47 bits per heavy atom. The van der Waals surface area contributed by atoms with Crippen LogP contribution in [-0.4, -0.2) is 42.4 Å². The van der Waals surface area contributed by atoms with Crippen molar-refractivity contribution in [3.05, 3.63) is 10.7 Å². The van der Waals surface area contributed by atoms with E-state index in [2.05, 4.69) is 4.98 Å². The average Bonchev–Trinajstić information content (AvgIpc) is 2.54. The Bertz CT molecular complexity index is 521. The highest BCUT2D eigenvalue weighted by atomic mass is 32.2. The molecule has 17 heavy (non-hydrogen) atoms. The number of carbonyl (C=O) groups is 1. The van der Waals surface area contributed by atoms with Crippen LogP contribution in [0.3, 0.4) is 0 Å². The van der Waals surface area contributed by atoms with E-state index in [1.807, 2.05) is 0 Å². The third kappa shape index (κ3) is 3.24. The summed E-state index contributed by atoms with van der Waals surface area (Å²) in [7, 11) is -2.25. The molecule has 0 bridgehead atoms. The van der Waals surface area contributed by atoms with E-state index in [9.17, 15) is 13.2 Å². The first-order valence-corrected chi connectivity index (χ1v) is 7.13. The SMILES string of the molecule is Cc1nc(C)c(S(=O)(=O)N(C)CCC(=O)O)s1. The van der Waals surface area contributed by atoms with Crippen LogP contribution in [0.2, 0.25) is 0 Å². The highest BCUT2D eigenvalue weighted by Gasteiger charge is 2.26. The van der Waals surface area contributed by atoms with Crippen molar-refractivity contribution in [2.45, 2.75) is 24.5 Å². The van der Waals surface area contributed by atoms with Crippen molar-refractivity contribution < 1.29 is 18.3 Å². The molecule has 0 amide bonds. The van der Waals surface area contributed by atoms with Gasteiger partial charge in [-0.2, -0.15) is 4.31 Å². The van der Waals surface area contributed by atoms with E-state index in [1.54, 1.807) is 13.8 Å². The molecule has 0 aromatic carbocycles. The van der Waals surface area contributed by atoms with Crippen LogP contribution in [0, 0.1) is 13.8 Å². The molecule has 8 heteroatoms. The van der Waals surface area contributed by atoms with Gasteiger partial charge in [-0.1, -0.05) is 0 Å². The van der Waals surface area contributed by atoms with E-state index in [4.69, 9.17) is 5.11 Å². The molecule has 96 valence electrons. The maximum Gasteiger partial charge on any atom is 0.304 e. The second-order valence-corrected chi connectivity index (χ2v) is 7.02. The van der Waals surface area contributed by atoms with E-state index in [-0.39, 0.29) is 17.2 Å². The first-order chi connectivity index (χ1) is 7.75. The number of nitrogens with zero attached hydrogens (tertiary/aromatic N) is 2. The zero-order valence-electron chi connectivity index (χ0n) is 9.80. The lowest BCUT2D eigenvalue weighted by Crippen LogP contribution is -2.29. The number of carboxylic acid groups (broad SMARTS) is 1. The van der Waals surface area contributed by atoms with Crippen molar-refractivity contribution in [2.75, 3.05) is 13.6 Å². The van der Waals surface area contributed by atoms with Crippen molar-refractivity contribution in [1.82, 2.24) is 9.29 Å². The lowest BCUT2D eigenvalue weighted by atomic mass is 10.4. The zero-order chi connectivity index (χ0) is 13.2. The molecule has 1 heterocycles. The lowest BCUT2D eigenvalue weighted by Gasteiger charge is -2.14. The minimum Gasteiger partial charge on any atom is -0.481 e. The first kappa shape index (κ1) is 14.1. The van der Waals surface area contributed by atoms with Crippen LogP contribution >= 0.6 is 11.3 Å². The molecule has 0 fully saturated rings. The number of hydrogen-bond donors (Lipinski definition) is 1. The predicted molar refractivity (Wildman–Crippen MR) is 63.7 cm³/mol. The summed E-state index contributed by atoms with van der Waals surface area (Å²) in [6.07, 6.45) is -0.216. The number of aryl methyl sites for hydroxylation is 2. The summed E-state index contributed by atoms with van der Waals surface area (Å²) >= 11 is 1.10. The van der Waals surface area contributed by atoms with Crippen LogP contribution in [-0.2, 0) is 14.8 Å². The van der Waals surface area contributed by atoms with E-state index in [0.717, 1.165) is 15.6 Å². The minimum atomic E-state index is -3.62. The van der Waals surface area contributed by atoms with Crippen LogP contribution in [0.5, 0.6) is 0 Å². The van der Waals surface area contributed by atoms with Crippen molar-refractivity contribution in [3.8, 4) is 0 Å². The van der Waals surface area contributed by atoms with Gasteiger partial charge < -0.3 is 5.11 Å². The van der Waals surface area contributed by atoms with Crippen molar-refractivity contribution >= 4 is 27.3 Å². The van der Waals surface area contributed by atoms with Crippen LogP contribution in [0.15, 0.2) is 4.21 Å². The van der Waals surface area contributed by atoms with Gasteiger partial charge in [0.15, 0.2) is 4.21 Å². The van der Waals surface area contributed by atoms with Crippen LogP contribution in [0.1, 0.15) is 17.1 Å². The number of aliphatic carboxylic acids is 1. The molecule has 6 nitrogen and oxygen atoms in total. The molecular formula is C9H14N2O4S2. The number of thiazole rings is 1. The van der Waals surface area contributed by atoms with Crippen LogP contribution < -0.4 is 0 Å². The van der Waals surface area contributed by atoms with Gasteiger partial charge in [-0.3, -0.25) is 4.79 Å². The summed E-state index contributed by atoms with van der Waals surface area (Å²) < 4.78 is 25.4. The third-order valence-electron chi connectivity index (χ3n) is 2.15. The summed E-state index contributed by atoms with van der Waals surface area (Å²) in [6.45, 7) is 3.31. The Balaban J connectivity index is 2.95. The smallest absolute Gasteiger partial charge is 0.304 e. The Hall–Kier alpha value is -0.990. The molecule has 0 unspecified atom stereocenters. The fourth-order valence-corrected chi connectivity index (χ4v) is 4.11. The van der Waals surface area contributed by atoms with E-state index in [1.165, 1.54) is 7.05 Å². The Morgan fingerprint density at radius 2 is 2.06 bits per heavy atom. The molecule has 1 aromatic rings. The summed E-state index contributed by atoms with van der Waals surface area (Å²) in [5.41, 5.74) is 0.453. The second kappa shape index (κ2) is 5.11. The van der Waals surface area contributed by atoms with Gasteiger partial charge in [0.05, 0.1) is 17.1 Å². The van der Waals surface area contributed by atoms with Crippen LogP contribution in [0.4, 0.5) is 0 Å². The van der Waals surface area contributed by atoms with Crippen LogP contribution in [0.25, 0.3) is 0 Å². The topological polar surface area (TPSA) is 87.6 Å². The maximum absolute atomic E-state index is 12.1. The maximum atomic E-state index is 12.1. The first-order valence-electron chi connectivity index (χ1n) is 4.87. The van der Waals surface area contributed by atoms with Gasteiger partial charge in [-0.15, -0.1) is 11.3 Å². The standard InChI is InChI=1S/C9H14N2O4S2/c1-6-9(16-7(2)10-6)17(14,15)11(3)5-4-8(12)13/h4-5H2,1-3H3,(H,12,13). The van der Waals surface area contributed by atoms with Crippen molar-refractivity contribution in [2.24, 2.45) is 0 Å². The number of aromatic nitrogens is 1. The van der Waals surface area contributed by atoms with Gasteiger partial charge in [0.2, 0.25) is 0 Å². The number of carboxylic acids is 1. The monoisotopic (exact) mass is 278 g/mol. The molecule has 1 rings (SSSR count). The molecule has 0 atom stereocenters. The molecule has 0 aliphatic carbocycles. The van der Waals surface area contributed by atoms with Gasteiger partial charge >= 0.3 is 5.97 Å². The Kier molecular flexibility index (Phi) is 4.23. The number of sulfonamides is 1. The highest BCUT2D eigenvalue weighted by molar-refractivity contribution is 7.91. The van der Waals surface area contributed by atoms with E-state index in [0.29, 0.717) is 10.7 Å². The fourth-order valence-electron chi connectivity index (χ4n) is 1.27. The Labute approximate surface area is 104 Å². The molecule has 0 saturated heterocycles. The van der Waals surface area contributed by atoms with Crippen molar-refractivity contribution in [3.63, 3.8) is 0 Å². The van der Waals surface area contributed by atoms with E-state index < -0.39 is 16.0 Å². The van der Waals surface area contributed by atoms with Crippen molar-refractivity contribution in [1.29, 1.82) is 0 Å². The summed E-state index contributed by atoms with van der Waals surface area (Å²) in [6, 6.07) is 0. The molecule has 1 aromatic heterocycles. The lowest BCUT2D eigenvalue weighted by molar-refractivity contribution is -0.137. The molecule has 0 spiro atoms. The average molecular weight is 278 g/mol. The second-order valence-electron chi connectivity index (χ2n) is 3.58. The third-order valence-corrected chi connectivity index (χ3v) is 5.66. The zero-order valence-corrected chi connectivity index (χ0v) is 11.4. The molecule has 0 radical (unpaired) electrons. The van der Waals surface area contributed by atoms with Gasteiger partial charge in [0.25, 0.3) is 10.0 Å². The van der Waals surface area contributed by atoms with Gasteiger partial charge in [-0.25, -0.2) is 13.4 Å². The molecule has 0 aliphatic heterocycles. The molecule has 0 saturated carbocycles. The Morgan fingerprint density at radius 1 is 1.47 bits per heavy atom. The summed E-state index contributed by atoms with van der Waals surface area (Å²) in [5.74, 6) is -1.02. The van der Waals surface area contributed by atoms with Gasteiger partial charge in [0, 0.05) is 13.6 Å². The molecule has 1 N–H and O–H groups in total. The number of rotatable bonds is 5. The molecular weight excluding hydrogens is 264 g/mol. The summed E-state index contributed by atoms with van der Waals surface area (Å²) in [4.78, 5) is 14.5. The number of hydrogen-bond acceptors (Lipinski definition) is 5. The fraction of sp³-hybridized carbons (Fsp3) is 0.556. The van der Waals surface area contributed by atoms with Gasteiger partial charge in [-0.05, 0) is 13.8 Å².